The molecule has 1 aliphatic heterocycles. The molecule has 5 unspecified atom stereocenters. The predicted octanol–water partition coefficient (Wildman–Crippen LogP) is 10.0. The number of esters is 2. The molecule has 0 spiro atoms. The van der Waals surface area contributed by atoms with E-state index in [1.54, 1.807) is 6.92 Å². The number of fused-ring (bicyclic) bond motifs is 1. The normalized spacial score (nSPS) is 28.3. The van der Waals surface area contributed by atoms with Crippen LogP contribution >= 0.6 is 0 Å². The third-order valence-electron chi connectivity index (χ3n) is 12.2. The van der Waals surface area contributed by atoms with Crippen molar-refractivity contribution in [3.05, 3.63) is 53.1 Å². The highest BCUT2D eigenvalue weighted by molar-refractivity contribution is 6.74. The lowest BCUT2D eigenvalue weighted by Gasteiger charge is -2.46. The highest BCUT2D eigenvalue weighted by atomic mass is 28.4. The second-order valence-electron chi connectivity index (χ2n) is 18.3. The average molecular weight is 727 g/mol. The van der Waals surface area contributed by atoms with Crippen molar-refractivity contribution in [1.82, 2.24) is 0 Å². The zero-order chi connectivity index (χ0) is 37.4. The average Bonchev–Trinajstić information content (AvgIpc) is 2.96. The summed E-state index contributed by atoms with van der Waals surface area (Å²) in [5, 5.41) is 0.114. The minimum atomic E-state index is -2.11. The molecule has 1 aromatic rings. The second kappa shape index (κ2) is 15.4. The fourth-order valence-electron chi connectivity index (χ4n) is 7.15. The summed E-state index contributed by atoms with van der Waals surface area (Å²) in [6, 6.07) is 5.98. The van der Waals surface area contributed by atoms with Crippen LogP contribution in [-0.4, -0.2) is 59.1 Å². The maximum atomic E-state index is 13.8. The number of para-hydroxylation sites is 1. The number of carbonyl (C=O) groups is 2. The summed E-state index contributed by atoms with van der Waals surface area (Å²) in [7, 11) is -4.14. The van der Waals surface area contributed by atoms with E-state index in [1.807, 2.05) is 32.0 Å². The molecule has 2 aliphatic carbocycles. The number of allylic oxidation sites excluding steroid dienone is 2. The molecule has 0 N–H and O–H groups in total. The lowest BCUT2D eigenvalue weighted by molar-refractivity contribution is -0.164. The van der Waals surface area contributed by atoms with Crippen LogP contribution in [-0.2, 0) is 27.9 Å². The Morgan fingerprint density at radius 2 is 1.54 bits per heavy atom. The van der Waals surface area contributed by atoms with E-state index < -0.39 is 22.7 Å². The van der Waals surface area contributed by atoms with Crippen molar-refractivity contribution in [3.8, 4) is 5.75 Å². The third-order valence-corrected chi connectivity index (χ3v) is 21.3. The number of ether oxygens (including phenoxy) is 3. The van der Waals surface area contributed by atoms with Gasteiger partial charge in [-0.3, -0.25) is 4.79 Å². The van der Waals surface area contributed by atoms with Crippen LogP contribution in [0.3, 0.4) is 0 Å². The topological polar surface area (TPSA) is 80.3 Å². The molecule has 1 heterocycles. The zero-order valence-corrected chi connectivity index (χ0v) is 35.5. The molecule has 3 aliphatic rings. The molecule has 4 rings (SSSR count). The van der Waals surface area contributed by atoms with E-state index in [9.17, 15) is 9.59 Å². The summed E-state index contributed by atoms with van der Waals surface area (Å²) in [5.74, 6) is 0.661. The molecule has 0 amide bonds. The third kappa shape index (κ3) is 9.61. The van der Waals surface area contributed by atoms with Gasteiger partial charge in [-0.05, 0) is 98.4 Å². The van der Waals surface area contributed by atoms with Gasteiger partial charge in [-0.25, -0.2) is 4.79 Å². The number of cyclic esters (lactones) is 1. The van der Waals surface area contributed by atoms with Gasteiger partial charge in [-0.1, -0.05) is 84.9 Å². The van der Waals surface area contributed by atoms with E-state index in [4.69, 9.17) is 23.1 Å². The van der Waals surface area contributed by atoms with Crippen molar-refractivity contribution in [1.29, 1.82) is 0 Å². The molecule has 7 nitrogen and oxygen atoms in total. The van der Waals surface area contributed by atoms with Gasteiger partial charge in [0.15, 0.2) is 22.7 Å². The molecule has 0 aromatic heterocycles. The van der Waals surface area contributed by atoms with Crippen molar-refractivity contribution < 1.29 is 32.7 Å². The van der Waals surface area contributed by atoms with Crippen LogP contribution in [0.4, 0.5) is 0 Å². The number of benzene rings is 1. The van der Waals surface area contributed by atoms with Crippen LogP contribution in [0.15, 0.2) is 42.0 Å². The Balaban J connectivity index is 1.56. The van der Waals surface area contributed by atoms with E-state index in [2.05, 4.69) is 92.9 Å². The first-order valence-corrected chi connectivity index (χ1v) is 24.7. The molecule has 9 heteroatoms. The van der Waals surface area contributed by atoms with Gasteiger partial charge in [-0.15, -0.1) is 0 Å². The van der Waals surface area contributed by atoms with Crippen LogP contribution in [0.1, 0.15) is 98.6 Å². The van der Waals surface area contributed by atoms with Crippen molar-refractivity contribution in [2.24, 2.45) is 17.8 Å². The highest BCUT2D eigenvalue weighted by Crippen LogP contribution is 2.47. The van der Waals surface area contributed by atoms with Gasteiger partial charge in [0.1, 0.15) is 18.0 Å². The number of carbonyl (C=O) groups excluding carboxylic acids is 2. The predicted molar refractivity (Wildman–Crippen MR) is 206 cm³/mol. The smallest absolute Gasteiger partial charge is 0.347 e. The van der Waals surface area contributed by atoms with E-state index >= 15 is 0 Å². The Morgan fingerprint density at radius 3 is 2.14 bits per heavy atom. The fraction of sp³-hybridized carbons (Fsp3) is 0.707. The molecule has 1 fully saturated rings. The van der Waals surface area contributed by atoms with Gasteiger partial charge < -0.3 is 23.1 Å². The molecule has 8 atom stereocenters. The molecule has 0 saturated carbocycles. The molecule has 1 aromatic carbocycles. The molecule has 0 radical (unpaired) electrons. The lowest BCUT2D eigenvalue weighted by atomic mass is 9.66. The summed E-state index contributed by atoms with van der Waals surface area (Å²) < 4.78 is 32.3. The molecule has 1 saturated heterocycles. The van der Waals surface area contributed by atoms with Crippen molar-refractivity contribution >= 4 is 28.6 Å². The Kier molecular flexibility index (Phi) is 12.5. The summed E-state index contributed by atoms with van der Waals surface area (Å²) in [6.07, 6.45) is 8.40. The van der Waals surface area contributed by atoms with E-state index in [1.165, 1.54) is 5.57 Å². The summed E-state index contributed by atoms with van der Waals surface area (Å²) in [6.45, 7) is 30.5. The van der Waals surface area contributed by atoms with E-state index in [0.29, 0.717) is 12.8 Å². The first kappa shape index (κ1) is 40.6. The standard InChI is InChI=1S/C41H66O7Si2/c1-26-18-19-30-22-32(47-49(11,12)40(5,6)7)24-35(46-39(43)29(4)44-38-27(2)16-15-17-28(38)3)37(30)34(26)21-20-31-23-33(25-36(42)45-31)48-50(13,14)41(8,9)10/h15-19,22,26,29,31-35,37H,20-21,23-25H2,1-14H3/t26?,29-,31+,32?,33+,34?,35?,37?/m0/s1. The van der Waals surface area contributed by atoms with Crippen LogP contribution in [0.2, 0.25) is 36.3 Å². The van der Waals surface area contributed by atoms with Crippen molar-refractivity contribution in [3.63, 3.8) is 0 Å². The summed E-state index contributed by atoms with van der Waals surface area (Å²) in [4.78, 5) is 26.6. The largest absolute Gasteiger partial charge is 0.478 e. The number of aryl methyl sites for hydroxylation is 2. The maximum Gasteiger partial charge on any atom is 0.347 e. The monoisotopic (exact) mass is 726 g/mol. The van der Waals surface area contributed by atoms with Gasteiger partial charge in [0.05, 0.1) is 18.6 Å². The van der Waals surface area contributed by atoms with Crippen LogP contribution in [0.5, 0.6) is 5.75 Å². The Morgan fingerprint density at radius 1 is 0.940 bits per heavy atom. The second-order valence-corrected chi connectivity index (χ2v) is 27.8. The molecular weight excluding hydrogens is 661 g/mol. The van der Waals surface area contributed by atoms with E-state index in [0.717, 1.165) is 36.1 Å². The Hall–Kier alpha value is -2.21. The van der Waals surface area contributed by atoms with Gasteiger partial charge in [0, 0.05) is 18.8 Å². The number of hydrogen-bond acceptors (Lipinski definition) is 7. The summed E-state index contributed by atoms with van der Waals surface area (Å²) >= 11 is 0. The van der Waals surface area contributed by atoms with Gasteiger partial charge in [0.2, 0.25) is 0 Å². The van der Waals surface area contributed by atoms with Crippen LogP contribution in [0.25, 0.3) is 0 Å². The van der Waals surface area contributed by atoms with E-state index in [-0.39, 0.29) is 64.2 Å². The fourth-order valence-corrected chi connectivity index (χ4v) is 9.79. The Bertz CT molecular complexity index is 1410. The van der Waals surface area contributed by atoms with Crippen molar-refractivity contribution in [2.45, 2.75) is 168 Å². The van der Waals surface area contributed by atoms with Crippen molar-refractivity contribution in [2.75, 3.05) is 0 Å². The van der Waals surface area contributed by atoms with Gasteiger partial charge in [-0.2, -0.15) is 0 Å². The SMILES string of the molecule is Cc1cccc(C)c1O[C@@H](C)C(=O)OC1CC(O[Si](C)(C)C(C)(C)C)C=C2C=CC(C)C(CC[C@@H]3C[C@@H](O[Si](C)(C)C(C)(C)C)CC(=O)O3)C21. The highest BCUT2D eigenvalue weighted by Gasteiger charge is 2.47. The van der Waals surface area contributed by atoms with Crippen LogP contribution < -0.4 is 4.74 Å². The maximum absolute atomic E-state index is 13.8. The Labute approximate surface area is 305 Å². The molecular formula is C41H66O7Si2. The van der Waals surface area contributed by atoms with Gasteiger partial charge in [0.25, 0.3) is 0 Å². The van der Waals surface area contributed by atoms with Gasteiger partial charge >= 0.3 is 11.9 Å². The van der Waals surface area contributed by atoms with Crippen LogP contribution in [0, 0.1) is 31.6 Å². The number of rotatable bonds is 11. The first-order valence-electron chi connectivity index (χ1n) is 18.9. The minimum absolute atomic E-state index is 0.00387. The zero-order valence-electron chi connectivity index (χ0n) is 33.5. The number of hydrogen-bond donors (Lipinski definition) is 0. The molecule has 0 bridgehead atoms. The summed E-state index contributed by atoms with van der Waals surface area (Å²) in [5.41, 5.74) is 3.15. The molecule has 50 heavy (non-hydrogen) atoms. The molecule has 280 valence electrons. The first-order chi connectivity index (χ1) is 23.0. The quantitative estimate of drug-likeness (QED) is 0.166. The minimum Gasteiger partial charge on any atom is -0.478 e. The lowest BCUT2D eigenvalue weighted by Crippen LogP contribution is -2.49.